The van der Waals surface area contributed by atoms with Crippen LogP contribution in [-0.2, 0) is 26.6 Å². The lowest BCUT2D eigenvalue weighted by Crippen LogP contribution is -2.39. The molecule has 8 heteroatoms. The minimum Gasteiger partial charge on any atom is -0.493 e. The lowest BCUT2D eigenvalue weighted by atomic mass is 9.82. The molecule has 1 aromatic heterocycles. The summed E-state index contributed by atoms with van der Waals surface area (Å²) in [6.45, 7) is 16.2. The van der Waals surface area contributed by atoms with Crippen LogP contribution in [0.15, 0.2) is 54.7 Å². The molecule has 0 radical (unpaired) electrons. The SMILES string of the molecule is CC(C)OC(=O)C(OC(C)(C)C)c1cnc(CCl)c(-c2ccc(OCCc3ccc(F)cc3)cc2)c1N1CCC(C)(C)CC1. The molecule has 4 rings (SSSR count). The van der Waals surface area contributed by atoms with Crippen LogP contribution in [0.2, 0.25) is 0 Å². The van der Waals surface area contributed by atoms with Gasteiger partial charge in [0.15, 0.2) is 6.10 Å². The van der Waals surface area contributed by atoms with Crippen LogP contribution < -0.4 is 9.64 Å². The summed E-state index contributed by atoms with van der Waals surface area (Å²) >= 11 is 6.52. The van der Waals surface area contributed by atoms with E-state index < -0.39 is 17.7 Å². The van der Waals surface area contributed by atoms with Crippen LogP contribution in [0.4, 0.5) is 10.1 Å². The smallest absolute Gasteiger partial charge is 0.340 e. The number of halogens is 2. The first kappa shape index (κ1) is 33.7. The van der Waals surface area contributed by atoms with Crippen molar-refractivity contribution in [1.82, 2.24) is 4.98 Å². The Hall–Kier alpha value is -3.16. The molecule has 0 spiro atoms. The Morgan fingerprint density at radius 2 is 1.68 bits per heavy atom. The van der Waals surface area contributed by atoms with Crippen LogP contribution in [0, 0.1) is 11.2 Å². The number of benzene rings is 2. The third-order valence-corrected chi connectivity index (χ3v) is 8.01. The zero-order valence-electron chi connectivity index (χ0n) is 27.1. The van der Waals surface area contributed by atoms with Crippen LogP contribution >= 0.6 is 11.6 Å². The summed E-state index contributed by atoms with van der Waals surface area (Å²) in [7, 11) is 0. The molecule has 1 saturated heterocycles. The summed E-state index contributed by atoms with van der Waals surface area (Å²) in [5.74, 6) is 0.243. The molecule has 1 fully saturated rings. The van der Waals surface area contributed by atoms with Crippen LogP contribution in [-0.4, -0.2) is 42.4 Å². The highest BCUT2D eigenvalue weighted by Crippen LogP contribution is 2.44. The number of alkyl halides is 1. The maximum absolute atomic E-state index is 13.6. The molecule has 0 N–H and O–H groups in total. The molecule has 0 aliphatic carbocycles. The lowest BCUT2D eigenvalue weighted by molar-refractivity contribution is -0.171. The van der Waals surface area contributed by atoms with Gasteiger partial charge in [0, 0.05) is 36.8 Å². The zero-order valence-corrected chi connectivity index (χ0v) is 27.8. The normalized spacial score (nSPS) is 15.7. The van der Waals surface area contributed by atoms with E-state index in [-0.39, 0.29) is 23.2 Å². The molecule has 2 aromatic carbocycles. The number of pyridine rings is 1. The van der Waals surface area contributed by atoms with E-state index in [4.69, 9.17) is 30.8 Å². The quantitative estimate of drug-likeness (QED) is 0.157. The van der Waals surface area contributed by atoms with Crippen LogP contribution in [0.5, 0.6) is 5.75 Å². The van der Waals surface area contributed by atoms with Crippen molar-refractivity contribution in [3.8, 4) is 16.9 Å². The third-order valence-electron chi connectivity index (χ3n) is 7.75. The van der Waals surface area contributed by atoms with Crippen molar-refractivity contribution in [1.29, 1.82) is 0 Å². The van der Waals surface area contributed by atoms with Gasteiger partial charge in [-0.1, -0.05) is 38.1 Å². The monoisotopic (exact) mass is 624 g/mol. The molecule has 44 heavy (non-hydrogen) atoms. The number of nitrogens with zero attached hydrogens (tertiary/aromatic N) is 2. The van der Waals surface area contributed by atoms with Gasteiger partial charge in [-0.15, -0.1) is 11.6 Å². The molecule has 1 aliphatic rings. The molecule has 3 aromatic rings. The number of ether oxygens (including phenoxy) is 3. The van der Waals surface area contributed by atoms with Gasteiger partial charge in [-0.25, -0.2) is 9.18 Å². The Morgan fingerprint density at radius 1 is 1.05 bits per heavy atom. The second-order valence-electron chi connectivity index (χ2n) is 13.5. The average molecular weight is 625 g/mol. The first-order valence-electron chi connectivity index (χ1n) is 15.4. The number of piperidine rings is 1. The molecule has 0 saturated carbocycles. The Kier molecular flexibility index (Phi) is 11.0. The number of carbonyl (C=O) groups is 1. The highest BCUT2D eigenvalue weighted by molar-refractivity contribution is 6.17. The minimum absolute atomic E-state index is 0.207. The summed E-state index contributed by atoms with van der Waals surface area (Å²) < 4.78 is 31.4. The molecule has 2 heterocycles. The Labute approximate surface area is 266 Å². The first-order chi connectivity index (χ1) is 20.8. The highest BCUT2D eigenvalue weighted by Gasteiger charge is 2.36. The fraction of sp³-hybridized carbons (Fsp3) is 0.500. The lowest BCUT2D eigenvalue weighted by Gasteiger charge is -2.41. The van der Waals surface area contributed by atoms with E-state index in [0.29, 0.717) is 18.6 Å². The number of carbonyl (C=O) groups excluding carboxylic acids is 1. The van der Waals surface area contributed by atoms with Crippen molar-refractivity contribution >= 4 is 23.3 Å². The van der Waals surface area contributed by atoms with E-state index in [1.54, 1.807) is 18.3 Å². The van der Waals surface area contributed by atoms with Crippen molar-refractivity contribution in [3.05, 3.63) is 77.4 Å². The predicted molar refractivity (Wildman–Crippen MR) is 175 cm³/mol. The summed E-state index contributed by atoms with van der Waals surface area (Å²) in [4.78, 5) is 20.7. The number of aromatic nitrogens is 1. The second-order valence-corrected chi connectivity index (χ2v) is 13.8. The number of esters is 1. The Balaban J connectivity index is 1.74. The molecule has 1 atom stereocenters. The van der Waals surface area contributed by atoms with Gasteiger partial charge >= 0.3 is 5.97 Å². The topological polar surface area (TPSA) is 60.9 Å². The molecule has 0 bridgehead atoms. The number of hydrogen-bond acceptors (Lipinski definition) is 6. The first-order valence-corrected chi connectivity index (χ1v) is 16.0. The standard InChI is InChI=1S/C36H46ClFN2O4/c1-24(2)43-34(41)33(44-35(3,4)5)29-23-39-30(22-37)31(32(29)40-19-17-36(6,7)18-20-40)26-10-14-28(15-11-26)42-21-16-25-8-12-27(38)13-9-25/h8-15,23-24,33H,16-22H2,1-7H3. The Bertz CT molecular complexity index is 1390. The number of anilines is 1. The van der Waals surface area contributed by atoms with E-state index in [1.165, 1.54) is 12.1 Å². The van der Waals surface area contributed by atoms with Gasteiger partial charge in [0.1, 0.15) is 11.6 Å². The highest BCUT2D eigenvalue weighted by atomic mass is 35.5. The van der Waals surface area contributed by atoms with Crippen molar-refractivity contribution in [2.24, 2.45) is 5.41 Å². The molecule has 1 aliphatic heterocycles. The van der Waals surface area contributed by atoms with E-state index in [9.17, 15) is 9.18 Å². The van der Waals surface area contributed by atoms with E-state index >= 15 is 0 Å². The van der Waals surface area contributed by atoms with Crippen LogP contribution in [0.3, 0.4) is 0 Å². The summed E-state index contributed by atoms with van der Waals surface area (Å²) in [5, 5.41) is 0. The van der Waals surface area contributed by atoms with Gasteiger partial charge in [0.2, 0.25) is 0 Å². The van der Waals surface area contributed by atoms with E-state index in [0.717, 1.165) is 59.8 Å². The van der Waals surface area contributed by atoms with E-state index in [2.05, 4.69) is 18.7 Å². The van der Waals surface area contributed by atoms with E-state index in [1.807, 2.05) is 58.9 Å². The molecule has 1 unspecified atom stereocenters. The molecule has 6 nitrogen and oxygen atoms in total. The summed E-state index contributed by atoms with van der Waals surface area (Å²) in [6, 6.07) is 14.3. The van der Waals surface area contributed by atoms with Crippen molar-refractivity contribution in [3.63, 3.8) is 0 Å². The molecule has 0 amide bonds. The van der Waals surface area contributed by atoms with Crippen LogP contribution in [0.1, 0.15) is 84.2 Å². The third kappa shape index (κ3) is 8.95. The summed E-state index contributed by atoms with van der Waals surface area (Å²) in [6.07, 6.45) is 3.16. The largest absolute Gasteiger partial charge is 0.493 e. The number of rotatable bonds is 11. The molecule has 238 valence electrons. The molecular weight excluding hydrogens is 579 g/mol. The maximum atomic E-state index is 13.6. The predicted octanol–water partition coefficient (Wildman–Crippen LogP) is 8.68. The average Bonchev–Trinajstić information content (AvgIpc) is 2.96. The van der Waals surface area contributed by atoms with Crippen molar-refractivity contribution in [2.45, 2.75) is 91.4 Å². The zero-order chi connectivity index (χ0) is 32.1. The van der Waals surface area contributed by atoms with Gasteiger partial charge in [-0.05, 0) is 88.3 Å². The van der Waals surface area contributed by atoms with Gasteiger partial charge in [-0.3, -0.25) is 4.98 Å². The van der Waals surface area contributed by atoms with Gasteiger partial charge < -0.3 is 19.1 Å². The van der Waals surface area contributed by atoms with Crippen molar-refractivity contribution in [2.75, 3.05) is 24.6 Å². The van der Waals surface area contributed by atoms with Gasteiger partial charge in [0.25, 0.3) is 0 Å². The van der Waals surface area contributed by atoms with Gasteiger partial charge in [-0.2, -0.15) is 0 Å². The fourth-order valence-electron chi connectivity index (χ4n) is 5.37. The summed E-state index contributed by atoms with van der Waals surface area (Å²) in [5.41, 5.74) is 4.74. The second kappa shape index (κ2) is 14.3. The van der Waals surface area contributed by atoms with Gasteiger partial charge in [0.05, 0.1) is 35.6 Å². The maximum Gasteiger partial charge on any atom is 0.340 e. The molecular formula is C36H46ClFN2O4. The fourth-order valence-corrected chi connectivity index (χ4v) is 5.57. The van der Waals surface area contributed by atoms with Crippen LogP contribution in [0.25, 0.3) is 11.1 Å². The minimum atomic E-state index is -0.966. The number of hydrogen-bond donors (Lipinski definition) is 0. The van der Waals surface area contributed by atoms with Crippen molar-refractivity contribution < 1.29 is 23.4 Å². The Morgan fingerprint density at radius 3 is 2.25 bits per heavy atom.